The van der Waals surface area contributed by atoms with Gasteiger partial charge in [0.2, 0.25) is 5.91 Å². The zero-order valence-electron chi connectivity index (χ0n) is 16.8. The SMILES string of the molecule is [C-]#[N+]c1ccc(/C=C2/C(=O)/C(=C/c3ccc(C#N)cc3)C23CCN(C(=O)C=C)C3)cc1. The maximum atomic E-state index is 13.2. The molecule has 2 aromatic carbocycles. The molecule has 1 saturated carbocycles. The van der Waals surface area contributed by atoms with Gasteiger partial charge in [0.25, 0.3) is 0 Å². The fraction of sp³-hybridized carbons (Fsp3) is 0.154. The second-order valence-electron chi connectivity index (χ2n) is 7.68. The van der Waals surface area contributed by atoms with Crippen molar-refractivity contribution < 1.29 is 9.59 Å². The first-order valence-electron chi connectivity index (χ1n) is 9.89. The zero-order valence-corrected chi connectivity index (χ0v) is 16.8. The summed E-state index contributed by atoms with van der Waals surface area (Å²) in [4.78, 5) is 30.5. The number of likely N-dealkylation sites (tertiary alicyclic amines) is 1. The molecule has 2 aromatic rings. The molecule has 0 aromatic heterocycles. The Bertz CT molecular complexity index is 1140. The van der Waals surface area contributed by atoms with Crippen molar-refractivity contribution in [1.82, 2.24) is 4.90 Å². The number of carbonyl (C=O) groups excluding carboxylic acids is 2. The number of benzene rings is 2. The van der Waals surface area contributed by atoms with E-state index >= 15 is 0 Å². The van der Waals surface area contributed by atoms with Crippen molar-refractivity contribution in [3.05, 3.63) is 100 Å². The number of hydrogen-bond acceptors (Lipinski definition) is 3. The fourth-order valence-electron chi connectivity index (χ4n) is 4.27. The van der Waals surface area contributed by atoms with E-state index in [1.165, 1.54) is 6.08 Å². The van der Waals surface area contributed by atoms with Crippen molar-refractivity contribution in [2.24, 2.45) is 5.41 Å². The Balaban J connectivity index is 1.74. The van der Waals surface area contributed by atoms with Gasteiger partial charge in [0.15, 0.2) is 11.5 Å². The van der Waals surface area contributed by atoms with Crippen LogP contribution in [0, 0.1) is 23.3 Å². The highest BCUT2D eigenvalue weighted by Gasteiger charge is 2.57. The summed E-state index contributed by atoms with van der Waals surface area (Å²) in [5, 5.41) is 9.00. The van der Waals surface area contributed by atoms with Gasteiger partial charge in [0.05, 0.1) is 18.2 Å². The third-order valence-corrected chi connectivity index (χ3v) is 5.96. The Hall–Kier alpha value is -4.22. The molecule has 1 spiro atoms. The molecule has 5 nitrogen and oxygen atoms in total. The number of ketones is 1. The topological polar surface area (TPSA) is 65.5 Å². The highest BCUT2D eigenvalue weighted by molar-refractivity contribution is 6.24. The lowest BCUT2D eigenvalue weighted by molar-refractivity contribution is -0.126. The maximum Gasteiger partial charge on any atom is 0.245 e. The summed E-state index contributed by atoms with van der Waals surface area (Å²) in [6.45, 7) is 11.7. The number of hydrogen-bond donors (Lipinski definition) is 0. The van der Waals surface area contributed by atoms with Crippen molar-refractivity contribution >= 4 is 29.5 Å². The molecule has 5 heteroatoms. The van der Waals surface area contributed by atoms with Gasteiger partial charge in [-0.2, -0.15) is 5.26 Å². The molecule has 0 radical (unpaired) electrons. The van der Waals surface area contributed by atoms with Crippen LogP contribution in [0.5, 0.6) is 0 Å². The third-order valence-electron chi connectivity index (χ3n) is 5.96. The minimum Gasteiger partial charge on any atom is -0.338 e. The predicted octanol–water partition coefficient (Wildman–Crippen LogP) is 4.56. The van der Waals surface area contributed by atoms with Crippen molar-refractivity contribution in [3.8, 4) is 6.07 Å². The maximum absolute atomic E-state index is 13.2. The van der Waals surface area contributed by atoms with Crippen LogP contribution in [-0.2, 0) is 9.59 Å². The fourth-order valence-corrected chi connectivity index (χ4v) is 4.27. The summed E-state index contributed by atoms with van der Waals surface area (Å²) < 4.78 is 0. The zero-order chi connectivity index (χ0) is 22.0. The van der Waals surface area contributed by atoms with Gasteiger partial charge in [-0.05, 0) is 47.9 Å². The Kier molecular flexibility index (Phi) is 5.11. The van der Waals surface area contributed by atoms with Gasteiger partial charge in [-0.1, -0.05) is 43.0 Å². The molecule has 1 amide bonds. The van der Waals surface area contributed by atoms with E-state index in [2.05, 4.69) is 17.5 Å². The van der Waals surface area contributed by atoms with Crippen molar-refractivity contribution in [3.63, 3.8) is 0 Å². The number of amides is 1. The van der Waals surface area contributed by atoms with Crippen LogP contribution in [0.15, 0.2) is 72.3 Å². The molecule has 1 atom stereocenters. The van der Waals surface area contributed by atoms with Gasteiger partial charge in [0, 0.05) is 29.7 Å². The van der Waals surface area contributed by atoms with Crippen LogP contribution < -0.4 is 0 Å². The molecular formula is C26H19N3O2. The Morgan fingerprint density at radius 3 is 2.19 bits per heavy atom. The summed E-state index contributed by atoms with van der Waals surface area (Å²) in [5.41, 5.74) is 3.63. The van der Waals surface area contributed by atoms with Crippen LogP contribution in [0.2, 0.25) is 0 Å². The van der Waals surface area contributed by atoms with Crippen molar-refractivity contribution in [2.75, 3.05) is 13.1 Å². The van der Waals surface area contributed by atoms with Crippen molar-refractivity contribution in [1.29, 1.82) is 5.26 Å². The van der Waals surface area contributed by atoms with Crippen LogP contribution in [0.3, 0.4) is 0 Å². The van der Waals surface area contributed by atoms with E-state index < -0.39 is 5.41 Å². The largest absolute Gasteiger partial charge is 0.338 e. The van der Waals surface area contributed by atoms with E-state index in [4.69, 9.17) is 11.8 Å². The Morgan fingerprint density at radius 2 is 1.68 bits per heavy atom. The second kappa shape index (κ2) is 7.89. The quantitative estimate of drug-likeness (QED) is 0.555. The van der Waals surface area contributed by atoms with E-state index in [0.717, 1.165) is 11.1 Å². The highest BCUT2D eigenvalue weighted by atomic mass is 16.2. The molecule has 31 heavy (non-hydrogen) atoms. The number of nitriles is 1. The average Bonchev–Trinajstić information content (AvgIpc) is 3.28. The molecule has 1 aliphatic heterocycles. The van der Waals surface area contributed by atoms with Crippen LogP contribution in [0.25, 0.3) is 17.0 Å². The first kappa shape index (κ1) is 20.1. The van der Waals surface area contributed by atoms with Gasteiger partial charge < -0.3 is 4.90 Å². The van der Waals surface area contributed by atoms with E-state index in [1.807, 2.05) is 36.4 Å². The minimum absolute atomic E-state index is 0.0356. The van der Waals surface area contributed by atoms with Gasteiger partial charge in [-0.15, -0.1) is 0 Å². The molecule has 1 aliphatic carbocycles. The molecule has 2 fully saturated rings. The van der Waals surface area contributed by atoms with Gasteiger partial charge in [0.1, 0.15) is 0 Å². The van der Waals surface area contributed by atoms with Gasteiger partial charge in [-0.3, -0.25) is 9.59 Å². The molecule has 0 bridgehead atoms. The smallest absolute Gasteiger partial charge is 0.245 e. The summed E-state index contributed by atoms with van der Waals surface area (Å²) in [6, 6.07) is 16.3. The predicted molar refractivity (Wildman–Crippen MR) is 119 cm³/mol. The minimum atomic E-state index is -0.526. The molecule has 1 heterocycles. The lowest BCUT2D eigenvalue weighted by atomic mass is 9.58. The lowest BCUT2D eigenvalue weighted by Crippen LogP contribution is -2.46. The second-order valence-corrected chi connectivity index (χ2v) is 7.68. The van der Waals surface area contributed by atoms with Crippen molar-refractivity contribution in [2.45, 2.75) is 6.42 Å². The first-order chi connectivity index (χ1) is 15.0. The molecule has 1 unspecified atom stereocenters. The first-order valence-corrected chi connectivity index (χ1v) is 9.89. The number of nitrogens with zero attached hydrogens (tertiary/aromatic N) is 3. The lowest BCUT2D eigenvalue weighted by Gasteiger charge is -2.43. The standard InChI is InChI=1S/C26H19N3O2/c1-3-24(30)29-13-12-26(17-29)22(14-18-4-6-20(16-27)7-5-18)25(31)23(26)15-19-8-10-21(28-2)11-9-19/h3-11,14-15H,1,12-13,17H2/b22-14-,23-15-. The summed E-state index contributed by atoms with van der Waals surface area (Å²) in [6.07, 6.45) is 5.70. The number of Topliss-reactive ketones (excluding diaryl/α,β-unsaturated/α-hetero) is 1. The van der Waals surface area contributed by atoms with Gasteiger partial charge >= 0.3 is 0 Å². The number of rotatable bonds is 3. The summed E-state index contributed by atoms with van der Waals surface area (Å²) in [7, 11) is 0. The highest BCUT2D eigenvalue weighted by Crippen LogP contribution is 2.55. The Labute approximate surface area is 181 Å². The van der Waals surface area contributed by atoms with E-state index in [-0.39, 0.29) is 11.7 Å². The molecule has 150 valence electrons. The molecule has 1 saturated heterocycles. The van der Waals surface area contributed by atoms with Crippen LogP contribution in [0.4, 0.5) is 5.69 Å². The van der Waals surface area contributed by atoms with Crippen LogP contribution in [0.1, 0.15) is 23.1 Å². The molecular weight excluding hydrogens is 386 g/mol. The van der Waals surface area contributed by atoms with Gasteiger partial charge in [-0.25, -0.2) is 4.85 Å². The van der Waals surface area contributed by atoms with Crippen LogP contribution >= 0.6 is 0 Å². The van der Waals surface area contributed by atoms with E-state index in [9.17, 15) is 9.59 Å². The molecule has 2 aliphatic rings. The average molecular weight is 405 g/mol. The Morgan fingerprint density at radius 1 is 1.10 bits per heavy atom. The van der Waals surface area contributed by atoms with E-state index in [0.29, 0.717) is 41.9 Å². The molecule has 4 rings (SSSR count). The normalized spacial score (nSPS) is 22.3. The van der Waals surface area contributed by atoms with Crippen LogP contribution in [-0.4, -0.2) is 29.7 Å². The number of carbonyl (C=O) groups is 2. The summed E-state index contributed by atoms with van der Waals surface area (Å²) in [5.74, 6) is -0.179. The summed E-state index contributed by atoms with van der Waals surface area (Å²) >= 11 is 0. The monoisotopic (exact) mass is 405 g/mol. The van der Waals surface area contributed by atoms with E-state index in [1.54, 1.807) is 29.2 Å². The third kappa shape index (κ3) is 3.47. The molecule has 0 N–H and O–H groups in total.